The van der Waals surface area contributed by atoms with Crippen LogP contribution in [0.4, 0.5) is 0 Å². The van der Waals surface area contributed by atoms with Crippen molar-refractivity contribution < 1.29 is 14.3 Å². The Kier molecular flexibility index (Phi) is 2.55. The van der Waals surface area contributed by atoms with Crippen LogP contribution in [0.1, 0.15) is 36.1 Å². The molecule has 0 saturated carbocycles. The fourth-order valence-electron chi connectivity index (χ4n) is 1.28. The Bertz CT molecular complexity index is 562. The molecule has 2 aromatic heterocycles. The van der Waals surface area contributed by atoms with Crippen LogP contribution >= 0.6 is 11.6 Å². The molecule has 0 aliphatic rings. The molecule has 0 atom stereocenters. The highest BCUT2D eigenvalue weighted by atomic mass is 35.5. The van der Waals surface area contributed by atoms with E-state index in [0.717, 1.165) is 0 Å². The molecule has 0 saturated heterocycles. The quantitative estimate of drug-likeness (QED) is 0.817. The number of rotatable bonds is 2. The van der Waals surface area contributed by atoms with Crippen LogP contribution in [0.5, 0.6) is 0 Å². The number of halogens is 1. The maximum absolute atomic E-state index is 10.7. The summed E-state index contributed by atoms with van der Waals surface area (Å²) in [7, 11) is 0. The summed E-state index contributed by atoms with van der Waals surface area (Å²) in [4.78, 5) is 18.9. The van der Waals surface area contributed by atoms with Crippen molar-refractivity contribution in [2.45, 2.75) is 19.8 Å². The standard InChI is InChI=1S/C10H9ClN2O3/c1-4(2)9-12-5-3-6(10(14)15)16-7(5)8(11)13-9/h3-4H,1-2H3,(H,14,15). The number of nitrogens with zero attached hydrogens (tertiary/aromatic N) is 2. The minimum absolute atomic E-state index is 0.116. The average molecular weight is 241 g/mol. The number of carboxylic acid groups (broad SMARTS) is 1. The predicted octanol–water partition coefficient (Wildman–Crippen LogP) is 2.70. The van der Waals surface area contributed by atoms with E-state index in [9.17, 15) is 4.79 Å². The monoisotopic (exact) mass is 240 g/mol. The van der Waals surface area contributed by atoms with Gasteiger partial charge in [0, 0.05) is 12.0 Å². The number of fused-ring (bicyclic) bond motifs is 1. The Balaban J connectivity index is 2.68. The van der Waals surface area contributed by atoms with Crippen molar-refractivity contribution in [3.8, 4) is 0 Å². The zero-order chi connectivity index (χ0) is 11.9. The Hall–Kier alpha value is -1.62. The normalized spacial score (nSPS) is 11.2. The second-order valence-electron chi connectivity index (χ2n) is 3.66. The van der Waals surface area contributed by atoms with Crippen molar-refractivity contribution in [1.29, 1.82) is 0 Å². The van der Waals surface area contributed by atoms with Gasteiger partial charge >= 0.3 is 5.97 Å². The van der Waals surface area contributed by atoms with Crippen molar-refractivity contribution in [2.75, 3.05) is 0 Å². The lowest BCUT2D eigenvalue weighted by Crippen LogP contribution is -1.97. The van der Waals surface area contributed by atoms with Gasteiger partial charge in [0.1, 0.15) is 11.3 Å². The summed E-state index contributed by atoms with van der Waals surface area (Å²) >= 11 is 5.89. The molecule has 0 spiro atoms. The molecule has 5 nitrogen and oxygen atoms in total. The van der Waals surface area contributed by atoms with Crippen LogP contribution in [0.15, 0.2) is 10.5 Å². The molecule has 2 heterocycles. The van der Waals surface area contributed by atoms with Crippen molar-refractivity contribution in [2.24, 2.45) is 0 Å². The first-order chi connectivity index (χ1) is 7.49. The second kappa shape index (κ2) is 3.75. The molecule has 0 aliphatic carbocycles. The lowest BCUT2D eigenvalue weighted by molar-refractivity contribution is 0.0665. The molecule has 0 fully saturated rings. The molecule has 2 aromatic rings. The lowest BCUT2D eigenvalue weighted by atomic mass is 10.2. The van der Waals surface area contributed by atoms with Crippen LogP contribution in [-0.2, 0) is 0 Å². The molecule has 2 rings (SSSR count). The Labute approximate surface area is 96.1 Å². The van der Waals surface area contributed by atoms with Gasteiger partial charge in [-0.2, -0.15) is 0 Å². The van der Waals surface area contributed by atoms with Crippen molar-refractivity contribution in [3.63, 3.8) is 0 Å². The molecule has 0 aliphatic heterocycles. The van der Waals surface area contributed by atoms with Gasteiger partial charge in [0.2, 0.25) is 5.76 Å². The second-order valence-corrected chi connectivity index (χ2v) is 4.02. The fraction of sp³-hybridized carbons (Fsp3) is 0.300. The third kappa shape index (κ3) is 1.74. The van der Waals surface area contributed by atoms with Crippen LogP contribution in [-0.4, -0.2) is 21.0 Å². The third-order valence-corrected chi connectivity index (χ3v) is 2.33. The van der Waals surface area contributed by atoms with Gasteiger partial charge in [-0.25, -0.2) is 14.8 Å². The maximum Gasteiger partial charge on any atom is 0.371 e. The van der Waals surface area contributed by atoms with Crippen LogP contribution in [0.25, 0.3) is 11.1 Å². The van der Waals surface area contributed by atoms with Crippen LogP contribution in [0.3, 0.4) is 0 Å². The van der Waals surface area contributed by atoms with Crippen molar-refractivity contribution in [1.82, 2.24) is 9.97 Å². The molecule has 0 unspecified atom stereocenters. The number of furan rings is 1. The topological polar surface area (TPSA) is 76.2 Å². The molecule has 0 radical (unpaired) electrons. The van der Waals surface area contributed by atoms with E-state index in [1.807, 2.05) is 13.8 Å². The molecule has 84 valence electrons. The zero-order valence-electron chi connectivity index (χ0n) is 8.69. The SMILES string of the molecule is CC(C)c1nc(Cl)c2oc(C(=O)O)cc2n1. The molecular formula is C10H9ClN2O3. The van der Waals surface area contributed by atoms with E-state index < -0.39 is 5.97 Å². The summed E-state index contributed by atoms with van der Waals surface area (Å²) in [5, 5.41) is 8.91. The van der Waals surface area contributed by atoms with Crippen LogP contribution in [0.2, 0.25) is 5.15 Å². The molecule has 0 aromatic carbocycles. The van der Waals surface area contributed by atoms with Gasteiger partial charge in [-0.05, 0) is 0 Å². The summed E-state index contributed by atoms with van der Waals surface area (Å²) in [5.74, 6) is -0.660. The van der Waals surface area contributed by atoms with E-state index in [2.05, 4.69) is 9.97 Å². The minimum Gasteiger partial charge on any atom is -0.475 e. The average Bonchev–Trinajstić information content (AvgIpc) is 2.61. The molecule has 1 N–H and O–H groups in total. The van der Waals surface area contributed by atoms with Crippen molar-refractivity contribution >= 4 is 28.7 Å². The first kappa shape index (κ1) is 10.9. The smallest absolute Gasteiger partial charge is 0.371 e. The molecule has 6 heteroatoms. The lowest BCUT2D eigenvalue weighted by Gasteiger charge is -2.02. The van der Waals surface area contributed by atoms with E-state index in [0.29, 0.717) is 11.3 Å². The summed E-state index contributed by atoms with van der Waals surface area (Å²) < 4.78 is 5.04. The molecule has 0 amide bonds. The number of aromatic nitrogens is 2. The Morgan fingerprint density at radius 3 is 2.75 bits per heavy atom. The highest BCUT2D eigenvalue weighted by Crippen LogP contribution is 2.25. The van der Waals surface area contributed by atoms with E-state index in [1.165, 1.54) is 6.07 Å². The zero-order valence-corrected chi connectivity index (χ0v) is 9.45. The molecule has 0 bridgehead atoms. The molecule has 16 heavy (non-hydrogen) atoms. The Morgan fingerprint density at radius 1 is 1.50 bits per heavy atom. The molecular weight excluding hydrogens is 232 g/mol. The summed E-state index contributed by atoms with van der Waals surface area (Å²) in [5.41, 5.74) is 0.629. The largest absolute Gasteiger partial charge is 0.475 e. The van der Waals surface area contributed by atoms with Gasteiger partial charge in [0.05, 0.1) is 0 Å². The van der Waals surface area contributed by atoms with E-state index >= 15 is 0 Å². The van der Waals surface area contributed by atoms with Gasteiger partial charge in [0.25, 0.3) is 0 Å². The highest BCUT2D eigenvalue weighted by molar-refractivity contribution is 6.33. The van der Waals surface area contributed by atoms with E-state index in [4.69, 9.17) is 21.1 Å². The van der Waals surface area contributed by atoms with Crippen LogP contribution in [0, 0.1) is 0 Å². The summed E-state index contributed by atoms with van der Waals surface area (Å²) in [6, 6.07) is 1.34. The minimum atomic E-state index is -1.15. The summed E-state index contributed by atoms with van der Waals surface area (Å²) in [6.45, 7) is 3.85. The summed E-state index contributed by atoms with van der Waals surface area (Å²) in [6.07, 6.45) is 0. The third-order valence-electron chi connectivity index (χ3n) is 2.07. The van der Waals surface area contributed by atoms with Gasteiger partial charge in [-0.3, -0.25) is 0 Å². The van der Waals surface area contributed by atoms with Crippen molar-refractivity contribution in [3.05, 3.63) is 22.8 Å². The predicted molar refractivity (Wildman–Crippen MR) is 57.9 cm³/mol. The van der Waals surface area contributed by atoms with E-state index in [1.54, 1.807) is 0 Å². The number of hydrogen-bond acceptors (Lipinski definition) is 4. The fourth-order valence-corrected chi connectivity index (χ4v) is 1.50. The van der Waals surface area contributed by atoms with Gasteiger partial charge in [-0.1, -0.05) is 25.4 Å². The van der Waals surface area contributed by atoms with Crippen LogP contribution < -0.4 is 0 Å². The van der Waals surface area contributed by atoms with Gasteiger partial charge < -0.3 is 9.52 Å². The number of carboxylic acids is 1. The number of carbonyl (C=O) groups is 1. The maximum atomic E-state index is 10.7. The van der Waals surface area contributed by atoms with Gasteiger partial charge in [-0.15, -0.1) is 0 Å². The van der Waals surface area contributed by atoms with Gasteiger partial charge in [0.15, 0.2) is 10.7 Å². The number of aromatic carboxylic acids is 1. The first-order valence-corrected chi connectivity index (χ1v) is 5.07. The highest BCUT2D eigenvalue weighted by Gasteiger charge is 2.16. The first-order valence-electron chi connectivity index (χ1n) is 4.69. The Morgan fingerprint density at radius 2 is 2.19 bits per heavy atom. The van der Waals surface area contributed by atoms with E-state index in [-0.39, 0.29) is 22.4 Å². The number of hydrogen-bond donors (Lipinski definition) is 1.